The highest BCUT2D eigenvalue weighted by Gasteiger charge is 2.75. The molecule has 4 atom stereocenters. The molecule has 0 spiro atoms. The third-order valence-electron chi connectivity index (χ3n) is 8.25. The van der Waals surface area contributed by atoms with E-state index >= 15 is 0 Å². The molecule has 0 aliphatic carbocycles. The van der Waals surface area contributed by atoms with Gasteiger partial charge in [0, 0.05) is 0 Å². The van der Waals surface area contributed by atoms with E-state index in [0.717, 1.165) is 23.2 Å². The van der Waals surface area contributed by atoms with Crippen molar-refractivity contribution in [2.24, 2.45) is 0 Å². The van der Waals surface area contributed by atoms with Gasteiger partial charge in [-0.3, -0.25) is 9.59 Å². The molecule has 2 aliphatic heterocycles. The molecule has 0 bridgehead atoms. The third-order valence-corrected chi connectivity index (χ3v) is 14.5. The van der Waals surface area contributed by atoms with E-state index in [9.17, 15) is 31.2 Å². The number of ether oxygens (including phenoxy) is 2. The molecule has 2 fully saturated rings. The average Bonchev–Trinajstić information content (AvgIpc) is 3.58. The number of esters is 1. The fraction of sp³-hybridized carbons (Fsp3) is 0.281. The Labute approximate surface area is 280 Å². The number of amides is 2. The highest BCUT2D eigenvalue weighted by Crippen LogP contribution is 2.48. The molecule has 4 aromatic rings. The minimum absolute atomic E-state index is 0.331. The highest BCUT2D eigenvalue weighted by atomic mass is 32.2. The topological polar surface area (TPSA) is 179 Å². The molecule has 3 heterocycles. The van der Waals surface area contributed by atoms with Crippen LogP contribution >= 0.6 is 11.3 Å². The maximum Gasteiger partial charge on any atom is 0.331 e. The monoisotopic (exact) mass is 710 g/mol. The summed E-state index contributed by atoms with van der Waals surface area (Å²) in [5.74, 6) is -3.53. The molecule has 16 heteroatoms. The first kappa shape index (κ1) is 33.2. The number of para-hydroxylation sites is 1. The molecule has 250 valence electrons. The van der Waals surface area contributed by atoms with Crippen LogP contribution in [0.3, 0.4) is 0 Å². The summed E-state index contributed by atoms with van der Waals surface area (Å²) in [4.78, 5) is 41.5. The quantitative estimate of drug-likeness (QED) is 0.178. The summed E-state index contributed by atoms with van der Waals surface area (Å²) >= 11 is 0.749. The summed E-state index contributed by atoms with van der Waals surface area (Å²) in [5.41, 5.74) is 1.12. The zero-order chi connectivity index (χ0) is 34.3. The first-order valence-electron chi connectivity index (χ1n) is 14.7. The highest BCUT2D eigenvalue weighted by molar-refractivity contribution is 7.97. The minimum Gasteiger partial charge on any atom is -0.484 e. The van der Waals surface area contributed by atoms with Crippen LogP contribution in [0.2, 0.25) is 0 Å². The van der Waals surface area contributed by atoms with Crippen molar-refractivity contribution in [3.05, 3.63) is 107 Å². The molecule has 3 aromatic carbocycles. The van der Waals surface area contributed by atoms with E-state index in [1.807, 2.05) is 0 Å². The number of rotatable bonds is 11. The molecule has 0 saturated carbocycles. The fourth-order valence-electron chi connectivity index (χ4n) is 5.96. The van der Waals surface area contributed by atoms with Crippen molar-refractivity contribution in [3.63, 3.8) is 0 Å². The number of benzene rings is 3. The normalized spacial score (nSPS) is 22.9. The van der Waals surface area contributed by atoms with Crippen LogP contribution in [0.1, 0.15) is 29.2 Å². The van der Waals surface area contributed by atoms with Crippen molar-refractivity contribution in [2.45, 2.75) is 46.5 Å². The standard InChI is InChI=1S/C32H30N4O9S3/c1-20-34-35-31(46-20)47(40,41)19-32(2)27(30(39)45-26(21-12-6-3-7-13-21)22-14-8-4-9-15-22)36-28(38)25(29(36)48(32,42)43)33-24(37)18-44-23-16-10-5-11-17-23/h3-17,25-27,29H,18-19H2,1-2H3,(H,33,37)/t25-,27+,29-,32+/m1/s1. The molecule has 2 saturated heterocycles. The van der Waals surface area contributed by atoms with Crippen LogP contribution in [0.25, 0.3) is 0 Å². The Hall–Kier alpha value is -4.67. The van der Waals surface area contributed by atoms with Crippen LogP contribution in [0.15, 0.2) is 95.3 Å². The molecule has 2 aliphatic rings. The zero-order valence-corrected chi connectivity index (χ0v) is 28.1. The summed E-state index contributed by atoms with van der Waals surface area (Å²) in [6.07, 6.45) is -1.02. The molecule has 1 aromatic heterocycles. The minimum atomic E-state index is -4.69. The fourth-order valence-corrected chi connectivity index (χ4v) is 11.9. The number of aromatic nitrogens is 2. The molecule has 0 radical (unpaired) electrons. The molecule has 6 rings (SSSR count). The molecule has 48 heavy (non-hydrogen) atoms. The number of hydrogen-bond donors (Lipinski definition) is 1. The number of nitrogens with one attached hydrogen (secondary N) is 1. The van der Waals surface area contributed by atoms with E-state index in [-0.39, 0.29) is 0 Å². The van der Waals surface area contributed by atoms with E-state index in [2.05, 4.69) is 15.5 Å². The van der Waals surface area contributed by atoms with Crippen molar-refractivity contribution in [1.29, 1.82) is 0 Å². The summed E-state index contributed by atoms with van der Waals surface area (Å²) in [5, 5.41) is 8.41. The molecule has 0 unspecified atom stereocenters. The van der Waals surface area contributed by atoms with Crippen LogP contribution in [0, 0.1) is 6.92 Å². The number of carbonyl (C=O) groups is 3. The largest absolute Gasteiger partial charge is 0.484 e. The van der Waals surface area contributed by atoms with Gasteiger partial charge < -0.3 is 19.7 Å². The zero-order valence-electron chi connectivity index (χ0n) is 25.6. The molecule has 13 nitrogen and oxygen atoms in total. The molecule has 1 N–H and O–H groups in total. The smallest absolute Gasteiger partial charge is 0.331 e. The summed E-state index contributed by atoms with van der Waals surface area (Å²) in [7, 11) is -9.15. The van der Waals surface area contributed by atoms with Crippen LogP contribution in [-0.2, 0) is 38.8 Å². The number of β-lactam (4-membered cyclic amide) rings is 1. The lowest BCUT2D eigenvalue weighted by Gasteiger charge is -2.43. The van der Waals surface area contributed by atoms with Gasteiger partial charge in [-0.1, -0.05) is 90.2 Å². The Bertz CT molecular complexity index is 2020. The van der Waals surface area contributed by atoms with E-state index in [1.165, 1.54) is 6.92 Å². The Morgan fingerprint density at radius 1 is 0.958 bits per heavy atom. The second-order valence-corrected chi connectivity index (χ2v) is 17.4. The van der Waals surface area contributed by atoms with Gasteiger partial charge in [-0.05, 0) is 37.1 Å². The second kappa shape index (κ2) is 12.7. The molecule has 2 amide bonds. The van der Waals surface area contributed by atoms with Gasteiger partial charge in [-0.2, -0.15) is 0 Å². The number of nitrogens with zero attached hydrogens (tertiary/aromatic N) is 3. The predicted octanol–water partition coefficient (Wildman–Crippen LogP) is 2.24. The number of aryl methyl sites for hydroxylation is 1. The number of hydrogen-bond acceptors (Lipinski definition) is 12. The van der Waals surface area contributed by atoms with Gasteiger partial charge >= 0.3 is 5.97 Å². The number of carbonyl (C=O) groups excluding carboxylic acids is 3. The van der Waals surface area contributed by atoms with Crippen LogP contribution in [0.5, 0.6) is 5.75 Å². The lowest BCUT2D eigenvalue weighted by Crippen LogP contribution is -2.72. The summed E-state index contributed by atoms with van der Waals surface area (Å²) < 4.78 is 64.6. The average molecular weight is 711 g/mol. The van der Waals surface area contributed by atoms with Gasteiger partial charge in [-0.15, -0.1) is 10.2 Å². The van der Waals surface area contributed by atoms with Gasteiger partial charge in [0.15, 0.2) is 34.0 Å². The van der Waals surface area contributed by atoms with Crippen molar-refractivity contribution >= 4 is 48.8 Å². The first-order valence-corrected chi connectivity index (χ1v) is 18.7. The van der Waals surface area contributed by atoms with Crippen molar-refractivity contribution in [3.8, 4) is 5.75 Å². The lowest BCUT2D eigenvalue weighted by molar-refractivity contribution is -0.166. The molecular weight excluding hydrogens is 681 g/mol. The third kappa shape index (κ3) is 5.95. The van der Waals surface area contributed by atoms with Crippen LogP contribution < -0.4 is 10.1 Å². The van der Waals surface area contributed by atoms with Gasteiger partial charge in [0.2, 0.25) is 20.1 Å². The Balaban J connectivity index is 1.35. The van der Waals surface area contributed by atoms with Crippen LogP contribution in [-0.4, -0.2) is 84.3 Å². The first-order chi connectivity index (χ1) is 22.8. The Morgan fingerprint density at radius 2 is 1.52 bits per heavy atom. The lowest BCUT2D eigenvalue weighted by atomic mass is 9.95. The summed E-state index contributed by atoms with van der Waals surface area (Å²) in [6.45, 7) is 2.12. The van der Waals surface area contributed by atoms with Crippen molar-refractivity contribution in [2.75, 3.05) is 12.4 Å². The Kier molecular flexibility index (Phi) is 8.82. The SMILES string of the molecule is Cc1nnc(S(=O)(=O)C[C@@]2(C)[C@H](C(=O)OC(c3ccccc3)c3ccccc3)N3C(=O)[C@@H](NC(=O)COc4ccccc4)[C@H]3S2(=O)=O)s1. The van der Waals surface area contributed by atoms with Crippen molar-refractivity contribution in [1.82, 2.24) is 20.4 Å². The van der Waals surface area contributed by atoms with Gasteiger partial charge in [0.25, 0.3) is 5.91 Å². The number of sulfone groups is 2. The summed E-state index contributed by atoms with van der Waals surface area (Å²) in [6, 6.07) is 22.3. The van der Waals surface area contributed by atoms with Crippen molar-refractivity contribution < 1.29 is 40.7 Å². The number of fused-ring (bicyclic) bond motifs is 1. The van der Waals surface area contributed by atoms with Crippen LogP contribution in [0.4, 0.5) is 0 Å². The van der Waals surface area contributed by atoms with E-state index in [1.54, 1.807) is 91.0 Å². The van der Waals surface area contributed by atoms with Gasteiger partial charge in [0.1, 0.15) is 21.5 Å². The maximum absolute atomic E-state index is 14.4. The van der Waals surface area contributed by atoms with E-state index < -0.39 is 82.5 Å². The predicted molar refractivity (Wildman–Crippen MR) is 173 cm³/mol. The van der Waals surface area contributed by atoms with Gasteiger partial charge in [-0.25, -0.2) is 21.6 Å². The Morgan fingerprint density at radius 3 is 2.06 bits per heavy atom. The van der Waals surface area contributed by atoms with E-state index in [4.69, 9.17) is 9.47 Å². The van der Waals surface area contributed by atoms with Gasteiger partial charge in [0.05, 0.1) is 5.75 Å². The maximum atomic E-state index is 14.4. The van der Waals surface area contributed by atoms with E-state index in [0.29, 0.717) is 21.9 Å². The molecular formula is C32H30N4O9S3. The second-order valence-electron chi connectivity index (χ2n) is 11.5.